The molecule has 0 aliphatic carbocycles. The summed E-state index contributed by atoms with van der Waals surface area (Å²) in [5.74, 6) is 0. The van der Waals surface area contributed by atoms with Gasteiger partial charge in [-0.05, 0) is 42.5 Å². The first-order valence-electron chi connectivity index (χ1n) is 7.65. The smallest absolute Gasteiger partial charge is 0.243 e. The number of nitrogens with zero attached hydrogens (tertiary/aromatic N) is 1. The summed E-state index contributed by atoms with van der Waals surface area (Å²) in [5.41, 5.74) is 1.07. The minimum Gasteiger partial charge on any atom is -0.313 e. The van der Waals surface area contributed by atoms with E-state index in [1.165, 1.54) is 0 Å². The quantitative estimate of drug-likeness (QED) is 0.909. The van der Waals surface area contributed by atoms with Gasteiger partial charge in [0, 0.05) is 19.6 Å². The molecule has 1 aromatic carbocycles. The molecule has 1 heterocycles. The van der Waals surface area contributed by atoms with E-state index in [1.807, 2.05) is 19.1 Å². The molecule has 0 amide bonds. The first kappa shape index (κ1) is 16.5. The van der Waals surface area contributed by atoms with Crippen molar-refractivity contribution in [2.24, 2.45) is 5.41 Å². The van der Waals surface area contributed by atoms with Crippen molar-refractivity contribution in [2.75, 3.05) is 19.6 Å². The summed E-state index contributed by atoms with van der Waals surface area (Å²) in [6, 6.07) is 7.28. The molecular formula is C16H26N2O2S. The Balaban J connectivity index is 2.23. The standard InChI is InChI=1S/C16H26N2O2S/c1-4-17-12-14-7-5-8-15(11-14)21(19,20)18-10-6-9-16(2,3)13-18/h5,7-8,11,17H,4,6,9-10,12-13H2,1-3H3. The van der Waals surface area contributed by atoms with Crippen LogP contribution in [0.3, 0.4) is 0 Å². The predicted octanol–water partition coefficient (Wildman–Crippen LogP) is 2.61. The summed E-state index contributed by atoms with van der Waals surface area (Å²) >= 11 is 0. The van der Waals surface area contributed by atoms with Crippen LogP contribution in [0.4, 0.5) is 0 Å². The van der Waals surface area contributed by atoms with E-state index in [9.17, 15) is 8.42 Å². The van der Waals surface area contributed by atoms with Crippen molar-refractivity contribution in [1.29, 1.82) is 0 Å². The first-order valence-corrected chi connectivity index (χ1v) is 9.09. The maximum Gasteiger partial charge on any atom is 0.243 e. The van der Waals surface area contributed by atoms with Crippen LogP contribution in [-0.4, -0.2) is 32.4 Å². The van der Waals surface area contributed by atoms with Gasteiger partial charge in [-0.15, -0.1) is 0 Å². The maximum atomic E-state index is 12.8. The van der Waals surface area contributed by atoms with Crippen molar-refractivity contribution in [3.8, 4) is 0 Å². The van der Waals surface area contributed by atoms with Crippen molar-refractivity contribution in [3.05, 3.63) is 29.8 Å². The third-order valence-corrected chi connectivity index (χ3v) is 5.82. The van der Waals surface area contributed by atoms with Gasteiger partial charge in [0.1, 0.15) is 0 Å². The minimum absolute atomic E-state index is 0.0622. The first-order chi connectivity index (χ1) is 9.85. The third-order valence-electron chi connectivity index (χ3n) is 3.98. The normalized spacial score (nSPS) is 19.6. The lowest BCUT2D eigenvalue weighted by Gasteiger charge is -2.37. The molecule has 1 saturated heterocycles. The molecular weight excluding hydrogens is 284 g/mol. The Morgan fingerprint density at radius 2 is 2.10 bits per heavy atom. The van der Waals surface area contributed by atoms with Gasteiger partial charge in [0.2, 0.25) is 10.0 Å². The van der Waals surface area contributed by atoms with E-state index in [-0.39, 0.29) is 5.41 Å². The zero-order valence-electron chi connectivity index (χ0n) is 13.2. The lowest BCUT2D eigenvalue weighted by molar-refractivity contribution is 0.187. The van der Waals surface area contributed by atoms with Crippen molar-refractivity contribution < 1.29 is 8.42 Å². The summed E-state index contributed by atoms with van der Waals surface area (Å²) in [6.07, 6.45) is 2.02. The van der Waals surface area contributed by atoms with Gasteiger partial charge in [-0.25, -0.2) is 8.42 Å². The molecule has 5 heteroatoms. The van der Waals surface area contributed by atoms with Crippen LogP contribution in [0, 0.1) is 5.41 Å². The van der Waals surface area contributed by atoms with Gasteiger partial charge >= 0.3 is 0 Å². The lowest BCUT2D eigenvalue weighted by Crippen LogP contribution is -2.43. The molecule has 118 valence electrons. The van der Waals surface area contributed by atoms with Crippen LogP contribution in [0.15, 0.2) is 29.2 Å². The average molecular weight is 310 g/mol. The minimum atomic E-state index is -3.38. The largest absolute Gasteiger partial charge is 0.313 e. The van der Waals surface area contributed by atoms with Crippen LogP contribution in [-0.2, 0) is 16.6 Å². The summed E-state index contributed by atoms with van der Waals surface area (Å²) in [5, 5.41) is 3.23. The van der Waals surface area contributed by atoms with Crippen LogP contribution in [0.2, 0.25) is 0 Å². The number of sulfonamides is 1. The highest BCUT2D eigenvalue weighted by Gasteiger charge is 2.34. The molecule has 1 N–H and O–H groups in total. The fourth-order valence-electron chi connectivity index (χ4n) is 2.81. The molecule has 0 unspecified atom stereocenters. The fourth-order valence-corrected chi connectivity index (χ4v) is 4.55. The summed E-state index contributed by atoms with van der Waals surface area (Å²) in [4.78, 5) is 0.413. The molecule has 2 rings (SSSR count). The van der Waals surface area contributed by atoms with E-state index in [4.69, 9.17) is 0 Å². The van der Waals surface area contributed by atoms with Gasteiger partial charge in [0.05, 0.1) is 4.90 Å². The molecule has 4 nitrogen and oxygen atoms in total. The van der Waals surface area contributed by atoms with E-state index >= 15 is 0 Å². The van der Waals surface area contributed by atoms with E-state index in [0.717, 1.165) is 24.9 Å². The molecule has 0 aromatic heterocycles. The SMILES string of the molecule is CCNCc1cccc(S(=O)(=O)N2CCCC(C)(C)C2)c1. The van der Waals surface area contributed by atoms with Crippen LogP contribution in [0.1, 0.15) is 39.2 Å². The van der Waals surface area contributed by atoms with Gasteiger partial charge in [0.25, 0.3) is 0 Å². The Morgan fingerprint density at radius 3 is 2.76 bits per heavy atom. The molecule has 0 spiro atoms. The Bertz CT molecular complexity index is 582. The van der Waals surface area contributed by atoms with Crippen LogP contribution >= 0.6 is 0 Å². The van der Waals surface area contributed by atoms with Crippen LogP contribution < -0.4 is 5.32 Å². The number of nitrogens with one attached hydrogen (secondary N) is 1. The van der Waals surface area contributed by atoms with Gasteiger partial charge in [-0.3, -0.25) is 0 Å². The molecule has 0 saturated carbocycles. The van der Waals surface area contributed by atoms with E-state index in [2.05, 4.69) is 19.2 Å². The van der Waals surface area contributed by atoms with Gasteiger partial charge in [0.15, 0.2) is 0 Å². The predicted molar refractivity (Wildman–Crippen MR) is 85.6 cm³/mol. The third kappa shape index (κ3) is 4.05. The second kappa shape index (κ2) is 6.46. The van der Waals surface area contributed by atoms with E-state index in [0.29, 0.717) is 24.5 Å². The Labute approximate surface area is 128 Å². The molecule has 0 bridgehead atoms. The number of hydrogen-bond donors (Lipinski definition) is 1. The molecule has 0 atom stereocenters. The summed E-state index contributed by atoms with van der Waals surface area (Å²) < 4.78 is 27.3. The van der Waals surface area contributed by atoms with E-state index < -0.39 is 10.0 Å². The monoisotopic (exact) mass is 310 g/mol. The fraction of sp³-hybridized carbons (Fsp3) is 0.625. The highest BCUT2D eigenvalue weighted by molar-refractivity contribution is 7.89. The van der Waals surface area contributed by atoms with Crippen LogP contribution in [0.25, 0.3) is 0 Å². The number of hydrogen-bond acceptors (Lipinski definition) is 3. The Morgan fingerprint density at radius 1 is 1.33 bits per heavy atom. The second-order valence-electron chi connectivity index (χ2n) is 6.53. The van der Waals surface area contributed by atoms with Crippen molar-refractivity contribution in [3.63, 3.8) is 0 Å². The number of rotatable bonds is 5. The van der Waals surface area contributed by atoms with Crippen molar-refractivity contribution >= 4 is 10.0 Å². The van der Waals surface area contributed by atoms with Gasteiger partial charge in [-0.1, -0.05) is 32.9 Å². The number of benzene rings is 1. The highest BCUT2D eigenvalue weighted by atomic mass is 32.2. The number of piperidine rings is 1. The molecule has 1 aliphatic rings. The Hall–Kier alpha value is -0.910. The van der Waals surface area contributed by atoms with E-state index in [1.54, 1.807) is 16.4 Å². The summed E-state index contributed by atoms with van der Waals surface area (Å²) in [6.45, 7) is 9.11. The van der Waals surface area contributed by atoms with Crippen LogP contribution in [0.5, 0.6) is 0 Å². The molecule has 1 fully saturated rings. The topological polar surface area (TPSA) is 49.4 Å². The Kier molecular flexibility index (Phi) is 5.07. The molecule has 0 radical (unpaired) electrons. The highest BCUT2D eigenvalue weighted by Crippen LogP contribution is 2.31. The van der Waals surface area contributed by atoms with Gasteiger partial charge < -0.3 is 5.32 Å². The second-order valence-corrected chi connectivity index (χ2v) is 8.47. The molecule has 1 aromatic rings. The molecule has 1 aliphatic heterocycles. The zero-order chi connectivity index (χ0) is 15.5. The maximum absolute atomic E-state index is 12.8. The van der Waals surface area contributed by atoms with Crippen molar-refractivity contribution in [1.82, 2.24) is 9.62 Å². The van der Waals surface area contributed by atoms with Crippen molar-refractivity contribution in [2.45, 2.75) is 45.1 Å². The lowest BCUT2D eigenvalue weighted by atomic mass is 9.85. The van der Waals surface area contributed by atoms with Gasteiger partial charge in [-0.2, -0.15) is 4.31 Å². The molecule has 21 heavy (non-hydrogen) atoms. The zero-order valence-corrected chi connectivity index (χ0v) is 14.0. The summed E-state index contributed by atoms with van der Waals surface area (Å²) in [7, 11) is -3.38. The average Bonchev–Trinajstić information content (AvgIpc) is 2.44.